The molecule has 1 aromatic heterocycles. The van der Waals surface area contributed by atoms with Gasteiger partial charge >= 0.3 is 12.2 Å². The molecule has 0 bridgehead atoms. The molecule has 1 heterocycles. The molecule has 1 fully saturated rings. The Morgan fingerprint density at radius 1 is 1.00 bits per heavy atom. The molecule has 31 heavy (non-hydrogen) atoms. The van der Waals surface area contributed by atoms with Gasteiger partial charge in [0.25, 0.3) is 5.91 Å². The van der Waals surface area contributed by atoms with Gasteiger partial charge in [-0.25, -0.2) is 13.1 Å². The van der Waals surface area contributed by atoms with Gasteiger partial charge in [-0.15, -0.1) is 5.10 Å². The van der Waals surface area contributed by atoms with Crippen LogP contribution in [-0.2, 0) is 16.2 Å². The van der Waals surface area contributed by atoms with Gasteiger partial charge in [-0.1, -0.05) is 5.10 Å². The number of halogens is 3. The number of aromatic nitrogens is 2. The van der Waals surface area contributed by atoms with Crippen molar-refractivity contribution < 1.29 is 30.8 Å². The van der Waals surface area contributed by atoms with Crippen LogP contribution in [0.5, 0.6) is 0 Å². The van der Waals surface area contributed by atoms with Gasteiger partial charge in [0.05, 0.1) is 10.5 Å². The SMILES string of the molecule is O=C(Nc1nnc(-c2ccc(C(F)(F)F)cc2)o1)c1ccc(S(=O)(=O)NC2CC2)cc1. The summed E-state index contributed by atoms with van der Waals surface area (Å²) >= 11 is 0. The van der Waals surface area contributed by atoms with Crippen molar-refractivity contribution in [3.8, 4) is 11.5 Å². The Balaban J connectivity index is 1.43. The van der Waals surface area contributed by atoms with Crippen molar-refractivity contribution in [3.63, 3.8) is 0 Å². The summed E-state index contributed by atoms with van der Waals surface area (Å²) in [4.78, 5) is 12.4. The van der Waals surface area contributed by atoms with Crippen molar-refractivity contribution in [2.75, 3.05) is 5.32 Å². The Kier molecular flexibility index (Phi) is 5.27. The van der Waals surface area contributed by atoms with E-state index in [1.54, 1.807) is 0 Å². The summed E-state index contributed by atoms with van der Waals surface area (Å²) in [5.74, 6) is -0.696. The molecule has 0 atom stereocenters. The van der Waals surface area contributed by atoms with Gasteiger partial charge in [0, 0.05) is 17.2 Å². The smallest absolute Gasteiger partial charge is 0.403 e. The zero-order valence-electron chi connectivity index (χ0n) is 15.7. The predicted octanol–water partition coefficient (Wildman–Crippen LogP) is 3.45. The fourth-order valence-corrected chi connectivity index (χ4v) is 3.94. The highest BCUT2D eigenvalue weighted by Crippen LogP contribution is 2.31. The molecule has 12 heteroatoms. The summed E-state index contributed by atoms with van der Waals surface area (Å²) in [6.07, 6.45) is -2.86. The molecule has 0 aliphatic heterocycles. The van der Waals surface area contributed by atoms with E-state index in [0.717, 1.165) is 25.0 Å². The number of carbonyl (C=O) groups excluding carboxylic acids is 1. The molecule has 1 aliphatic carbocycles. The number of hydrogen-bond acceptors (Lipinski definition) is 6. The number of hydrogen-bond donors (Lipinski definition) is 2. The van der Waals surface area contributed by atoms with E-state index in [-0.39, 0.29) is 34.0 Å². The summed E-state index contributed by atoms with van der Waals surface area (Å²) in [6, 6.07) is 9.11. The van der Waals surface area contributed by atoms with Gasteiger partial charge in [0.1, 0.15) is 0 Å². The van der Waals surface area contributed by atoms with Crippen LogP contribution in [0.15, 0.2) is 57.8 Å². The lowest BCUT2D eigenvalue weighted by Gasteiger charge is -2.06. The van der Waals surface area contributed by atoms with Crippen LogP contribution in [0.1, 0.15) is 28.8 Å². The quantitative estimate of drug-likeness (QED) is 0.592. The van der Waals surface area contributed by atoms with E-state index >= 15 is 0 Å². The lowest BCUT2D eigenvalue weighted by Crippen LogP contribution is -2.25. The van der Waals surface area contributed by atoms with Crippen molar-refractivity contribution in [2.45, 2.75) is 30.0 Å². The lowest BCUT2D eigenvalue weighted by molar-refractivity contribution is -0.137. The molecule has 1 saturated carbocycles. The van der Waals surface area contributed by atoms with Gasteiger partial charge in [-0.2, -0.15) is 13.2 Å². The molecular weight excluding hydrogens is 437 g/mol. The van der Waals surface area contributed by atoms with Crippen molar-refractivity contribution in [1.82, 2.24) is 14.9 Å². The highest BCUT2D eigenvalue weighted by molar-refractivity contribution is 7.89. The Morgan fingerprint density at radius 2 is 1.65 bits per heavy atom. The van der Waals surface area contributed by atoms with Crippen molar-refractivity contribution in [2.24, 2.45) is 0 Å². The summed E-state index contributed by atoms with van der Waals surface area (Å²) in [7, 11) is -3.63. The zero-order chi connectivity index (χ0) is 22.2. The van der Waals surface area contributed by atoms with Crippen molar-refractivity contribution >= 4 is 21.9 Å². The van der Waals surface area contributed by atoms with Crippen molar-refractivity contribution in [1.29, 1.82) is 0 Å². The highest BCUT2D eigenvalue weighted by Gasteiger charge is 2.30. The fraction of sp³-hybridized carbons (Fsp3) is 0.211. The Hall–Kier alpha value is -3.25. The first-order valence-corrected chi connectivity index (χ1v) is 10.5. The van der Waals surface area contributed by atoms with E-state index < -0.39 is 27.7 Å². The van der Waals surface area contributed by atoms with Crippen LogP contribution in [0.3, 0.4) is 0 Å². The molecule has 2 aromatic carbocycles. The highest BCUT2D eigenvalue weighted by atomic mass is 32.2. The van der Waals surface area contributed by atoms with E-state index in [4.69, 9.17) is 4.42 Å². The number of nitrogens with one attached hydrogen (secondary N) is 2. The predicted molar refractivity (Wildman–Crippen MR) is 102 cm³/mol. The molecule has 2 N–H and O–H groups in total. The van der Waals surface area contributed by atoms with Gasteiger partial charge < -0.3 is 4.42 Å². The van der Waals surface area contributed by atoms with Crippen LogP contribution in [-0.4, -0.2) is 30.6 Å². The molecule has 1 amide bonds. The monoisotopic (exact) mass is 452 g/mol. The summed E-state index contributed by atoms with van der Waals surface area (Å²) < 4.78 is 70.1. The number of anilines is 1. The molecular formula is C19H15F3N4O4S. The maximum absolute atomic E-state index is 12.6. The lowest BCUT2D eigenvalue weighted by atomic mass is 10.1. The summed E-state index contributed by atoms with van der Waals surface area (Å²) in [5, 5.41) is 9.71. The van der Waals surface area contributed by atoms with Gasteiger partial charge in [0.2, 0.25) is 15.9 Å². The summed E-state index contributed by atoms with van der Waals surface area (Å²) in [6.45, 7) is 0. The van der Waals surface area contributed by atoms with E-state index in [2.05, 4.69) is 20.2 Å². The minimum Gasteiger partial charge on any atom is -0.403 e. The number of nitrogens with zero attached hydrogens (tertiary/aromatic N) is 2. The maximum Gasteiger partial charge on any atom is 0.416 e. The van der Waals surface area contributed by atoms with Crippen LogP contribution < -0.4 is 10.0 Å². The Bertz CT molecular complexity index is 1200. The van der Waals surface area contributed by atoms with E-state index in [0.29, 0.717) is 0 Å². The van der Waals surface area contributed by atoms with E-state index in [1.165, 1.54) is 36.4 Å². The molecule has 4 rings (SSSR count). The Morgan fingerprint density at radius 3 is 2.23 bits per heavy atom. The van der Waals surface area contributed by atoms with Gasteiger partial charge in [0.15, 0.2) is 0 Å². The second kappa shape index (κ2) is 7.78. The number of benzene rings is 2. The maximum atomic E-state index is 12.6. The van der Waals surface area contributed by atoms with E-state index in [9.17, 15) is 26.4 Å². The minimum absolute atomic E-state index is 0.0376. The minimum atomic E-state index is -4.46. The number of rotatable bonds is 6. The Labute approximate surface area is 174 Å². The average Bonchev–Trinajstić information content (AvgIpc) is 3.41. The van der Waals surface area contributed by atoms with E-state index in [1.807, 2.05) is 0 Å². The van der Waals surface area contributed by atoms with Crippen LogP contribution in [0.25, 0.3) is 11.5 Å². The molecule has 0 radical (unpaired) electrons. The van der Waals surface area contributed by atoms with Crippen molar-refractivity contribution in [3.05, 3.63) is 59.7 Å². The largest absolute Gasteiger partial charge is 0.416 e. The average molecular weight is 452 g/mol. The van der Waals surface area contributed by atoms with Crippen LogP contribution in [0.2, 0.25) is 0 Å². The van der Waals surface area contributed by atoms with Crippen LogP contribution >= 0.6 is 0 Å². The summed E-state index contributed by atoms with van der Waals surface area (Å²) in [5.41, 5.74) is -0.416. The molecule has 0 unspecified atom stereocenters. The van der Waals surface area contributed by atoms with Gasteiger partial charge in [-0.05, 0) is 61.4 Å². The topological polar surface area (TPSA) is 114 Å². The number of sulfonamides is 1. The van der Waals surface area contributed by atoms with Crippen LogP contribution in [0, 0.1) is 0 Å². The first-order chi connectivity index (χ1) is 14.6. The fourth-order valence-electron chi connectivity index (χ4n) is 2.64. The van der Waals surface area contributed by atoms with Crippen LogP contribution in [0.4, 0.5) is 19.2 Å². The standard InChI is InChI=1S/C19H15F3N4O4S/c20-19(21,22)13-5-1-12(2-6-13)17-24-25-18(30-17)23-16(27)11-3-9-15(10-4-11)31(28,29)26-14-7-8-14/h1-6,9-10,14,26H,7-8H2,(H,23,25,27). The molecule has 3 aromatic rings. The third-order valence-corrected chi connectivity index (χ3v) is 5.97. The first kappa shape index (κ1) is 21.0. The number of alkyl halides is 3. The molecule has 0 spiro atoms. The second-order valence-electron chi connectivity index (χ2n) is 6.86. The number of amides is 1. The second-order valence-corrected chi connectivity index (χ2v) is 8.58. The molecule has 0 saturated heterocycles. The third-order valence-electron chi connectivity index (χ3n) is 4.43. The first-order valence-electron chi connectivity index (χ1n) is 9.07. The van der Waals surface area contributed by atoms with Gasteiger partial charge in [-0.3, -0.25) is 10.1 Å². The normalized spacial score (nSPS) is 14.4. The molecule has 8 nitrogen and oxygen atoms in total. The molecule has 1 aliphatic rings. The molecule has 162 valence electrons. The zero-order valence-corrected chi connectivity index (χ0v) is 16.5. The third kappa shape index (κ3) is 4.91. The number of carbonyl (C=O) groups is 1.